The molecule has 0 aromatic heterocycles. The molecule has 2 rings (SSSR count). The third kappa shape index (κ3) is 2.33. The van der Waals surface area contributed by atoms with Crippen molar-refractivity contribution in [2.24, 2.45) is 5.73 Å². The first-order valence-corrected chi connectivity index (χ1v) is 4.88. The summed E-state index contributed by atoms with van der Waals surface area (Å²) < 4.78 is 36.8. The van der Waals surface area contributed by atoms with E-state index in [1.165, 1.54) is 12.1 Å². The van der Waals surface area contributed by atoms with Gasteiger partial charge in [-0.05, 0) is 37.0 Å². The Hall–Kier alpha value is -0.740. The first kappa shape index (κ1) is 13.3. The zero-order valence-electron chi connectivity index (χ0n) is 8.55. The van der Waals surface area contributed by atoms with Crippen LogP contribution in [0, 0.1) is 0 Å². The zero-order chi connectivity index (χ0) is 11.1. The van der Waals surface area contributed by atoms with Crippen LogP contribution in [0.2, 0.25) is 0 Å². The van der Waals surface area contributed by atoms with Gasteiger partial charge in [-0.3, -0.25) is 0 Å². The highest BCUT2D eigenvalue weighted by atomic mass is 35.5. The van der Waals surface area contributed by atoms with Gasteiger partial charge in [-0.25, -0.2) is 0 Å². The molecule has 0 amide bonds. The van der Waals surface area contributed by atoms with Crippen LogP contribution in [-0.4, -0.2) is 0 Å². The van der Waals surface area contributed by atoms with Crippen molar-refractivity contribution in [3.63, 3.8) is 0 Å². The molecule has 1 fully saturated rings. The highest BCUT2D eigenvalue weighted by Gasteiger charge is 2.35. The molecule has 0 saturated heterocycles. The second kappa shape index (κ2) is 4.26. The number of halogens is 4. The van der Waals surface area contributed by atoms with E-state index in [-0.39, 0.29) is 17.9 Å². The molecule has 5 heteroatoms. The Kier molecular flexibility index (Phi) is 3.55. The average Bonchev–Trinajstić information content (AvgIpc) is 2.13. The monoisotopic (exact) mass is 251 g/mol. The first-order chi connectivity index (χ1) is 6.92. The summed E-state index contributed by atoms with van der Waals surface area (Å²) in [5, 5.41) is 0. The van der Waals surface area contributed by atoms with Crippen LogP contribution in [-0.2, 0) is 11.7 Å². The number of nitrogens with two attached hydrogens (primary N) is 1. The fourth-order valence-electron chi connectivity index (χ4n) is 1.84. The third-order valence-corrected chi connectivity index (χ3v) is 3.03. The van der Waals surface area contributed by atoms with Gasteiger partial charge in [0.25, 0.3) is 0 Å². The third-order valence-electron chi connectivity index (χ3n) is 3.03. The standard InChI is InChI=1S/C11H12F3N.ClH/c12-11(13,14)9-4-2-8(3-5-9)10(15)6-1-7-10;/h2-5H,1,6-7,15H2;1H. The predicted octanol–water partition coefficient (Wildman–Crippen LogP) is 3.47. The van der Waals surface area contributed by atoms with Crippen LogP contribution in [0.5, 0.6) is 0 Å². The largest absolute Gasteiger partial charge is 0.416 e. The Morgan fingerprint density at radius 1 is 1.06 bits per heavy atom. The molecule has 1 aliphatic carbocycles. The second-order valence-electron chi connectivity index (χ2n) is 4.08. The summed E-state index contributed by atoms with van der Waals surface area (Å²) in [5.74, 6) is 0. The minimum atomic E-state index is -4.26. The number of alkyl halides is 3. The van der Waals surface area contributed by atoms with Crippen molar-refractivity contribution < 1.29 is 13.2 Å². The highest BCUT2D eigenvalue weighted by Crippen LogP contribution is 2.39. The van der Waals surface area contributed by atoms with Gasteiger partial charge in [0.1, 0.15) is 0 Å². The fraction of sp³-hybridized carbons (Fsp3) is 0.455. The summed E-state index contributed by atoms with van der Waals surface area (Å²) in [6, 6.07) is 5.18. The number of hydrogen-bond donors (Lipinski definition) is 1. The van der Waals surface area contributed by atoms with Crippen molar-refractivity contribution in [1.82, 2.24) is 0 Å². The summed E-state index contributed by atoms with van der Waals surface area (Å²) in [7, 11) is 0. The molecule has 2 N–H and O–H groups in total. The Labute approximate surface area is 98.2 Å². The molecular weight excluding hydrogens is 239 g/mol. The van der Waals surface area contributed by atoms with Crippen molar-refractivity contribution in [3.8, 4) is 0 Å². The zero-order valence-corrected chi connectivity index (χ0v) is 9.37. The van der Waals surface area contributed by atoms with Gasteiger partial charge < -0.3 is 5.73 Å². The molecule has 0 unspecified atom stereocenters. The van der Waals surface area contributed by atoms with Crippen molar-refractivity contribution in [3.05, 3.63) is 35.4 Å². The van der Waals surface area contributed by atoms with Crippen LogP contribution in [0.1, 0.15) is 30.4 Å². The van der Waals surface area contributed by atoms with E-state index in [1.54, 1.807) is 0 Å². The number of hydrogen-bond acceptors (Lipinski definition) is 1. The van der Waals surface area contributed by atoms with Crippen LogP contribution in [0.3, 0.4) is 0 Å². The van der Waals surface area contributed by atoms with Gasteiger partial charge in [0.2, 0.25) is 0 Å². The predicted molar refractivity (Wildman–Crippen MR) is 58.4 cm³/mol. The lowest BCUT2D eigenvalue weighted by molar-refractivity contribution is -0.137. The van der Waals surface area contributed by atoms with E-state index in [2.05, 4.69) is 0 Å². The van der Waals surface area contributed by atoms with Gasteiger partial charge in [0, 0.05) is 5.54 Å². The lowest BCUT2D eigenvalue weighted by atomic mass is 9.73. The molecule has 90 valence electrons. The van der Waals surface area contributed by atoms with Crippen LogP contribution in [0.15, 0.2) is 24.3 Å². The Balaban J connectivity index is 0.00000128. The minimum absolute atomic E-state index is 0. The molecule has 0 heterocycles. The van der Waals surface area contributed by atoms with Crippen LogP contribution in [0.4, 0.5) is 13.2 Å². The highest BCUT2D eigenvalue weighted by molar-refractivity contribution is 5.85. The van der Waals surface area contributed by atoms with Gasteiger partial charge in [-0.1, -0.05) is 12.1 Å². The Morgan fingerprint density at radius 3 is 1.88 bits per heavy atom. The summed E-state index contributed by atoms with van der Waals surface area (Å²) in [6.45, 7) is 0. The Morgan fingerprint density at radius 2 is 1.56 bits per heavy atom. The number of benzene rings is 1. The van der Waals surface area contributed by atoms with E-state index in [9.17, 15) is 13.2 Å². The lowest BCUT2D eigenvalue weighted by Gasteiger charge is -2.38. The summed E-state index contributed by atoms with van der Waals surface area (Å²) in [6.07, 6.45) is -1.49. The molecule has 0 spiro atoms. The van der Waals surface area contributed by atoms with Crippen molar-refractivity contribution in [2.45, 2.75) is 31.0 Å². The van der Waals surface area contributed by atoms with Crippen molar-refractivity contribution in [1.29, 1.82) is 0 Å². The SMILES string of the molecule is Cl.NC1(c2ccc(C(F)(F)F)cc2)CCC1. The maximum atomic E-state index is 12.3. The van der Waals surface area contributed by atoms with Crippen LogP contribution >= 0.6 is 12.4 Å². The molecule has 1 aliphatic rings. The molecular formula is C11H13ClF3N. The molecule has 1 aromatic carbocycles. The summed E-state index contributed by atoms with van der Waals surface area (Å²) in [4.78, 5) is 0. The van der Waals surface area contributed by atoms with E-state index in [0.29, 0.717) is 0 Å². The van der Waals surface area contributed by atoms with E-state index in [0.717, 1.165) is 37.0 Å². The maximum absolute atomic E-state index is 12.3. The number of rotatable bonds is 1. The second-order valence-corrected chi connectivity index (χ2v) is 4.08. The van der Waals surface area contributed by atoms with E-state index >= 15 is 0 Å². The molecule has 1 saturated carbocycles. The van der Waals surface area contributed by atoms with Crippen molar-refractivity contribution in [2.75, 3.05) is 0 Å². The molecule has 0 aliphatic heterocycles. The van der Waals surface area contributed by atoms with Crippen LogP contribution < -0.4 is 5.73 Å². The molecule has 1 nitrogen and oxygen atoms in total. The smallest absolute Gasteiger partial charge is 0.321 e. The van der Waals surface area contributed by atoms with Gasteiger partial charge in [-0.2, -0.15) is 13.2 Å². The molecule has 0 radical (unpaired) electrons. The molecule has 0 atom stereocenters. The van der Waals surface area contributed by atoms with E-state index in [1.807, 2.05) is 0 Å². The quantitative estimate of drug-likeness (QED) is 0.813. The van der Waals surface area contributed by atoms with Gasteiger partial charge in [0.05, 0.1) is 5.56 Å². The maximum Gasteiger partial charge on any atom is 0.416 e. The van der Waals surface area contributed by atoms with E-state index < -0.39 is 11.7 Å². The van der Waals surface area contributed by atoms with Crippen LogP contribution in [0.25, 0.3) is 0 Å². The van der Waals surface area contributed by atoms with Gasteiger partial charge >= 0.3 is 6.18 Å². The molecule has 16 heavy (non-hydrogen) atoms. The fourth-order valence-corrected chi connectivity index (χ4v) is 1.84. The topological polar surface area (TPSA) is 26.0 Å². The average molecular weight is 252 g/mol. The summed E-state index contributed by atoms with van der Waals surface area (Å²) in [5.41, 5.74) is 5.81. The van der Waals surface area contributed by atoms with Gasteiger partial charge in [0.15, 0.2) is 0 Å². The lowest BCUT2D eigenvalue weighted by Crippen LogP contribution is -2.43. The van der Waals surface area contributed by atoms with E-state index in [4.69, 9.17) is 5.73 Å². The Bertz CT molecular complexity index is 354. The summed E-state index contributed by atoms with van der Waals surface area (Å²) >= 11 is 0. The molecule has 0 bridgehead atoms. The first-order valence-electron chi connectivity index (χ1n) is 4.88. The van der Waals surface area contributed by atoms with Crippen molar-refractivity contribution >= 4 is 12.4 Å². The normalized spacial score (nSPS) is 18.5. The minimum Gasteiger partial charge on any atom is -0.321 e. The van der Waals surface area contributed by atoms with Gasteiger partial charge in [-0.15, -0.1) is 12.4 Å². The molecule has 1 aromatic rings.